The van der Waals surface area contributed by atoms with Gasteiger partial charge in [0, 0.05) is 12.6 Å². The van der Waals surface area contributed by atoms with Crippen molar-refractivity contribution >= 4 is 11.6 Å². The molecule has 0 aliphatic carbocycles. The molecule has 5 atom stereocenters. The Morgan fingerprint density at radius 2 is 1.75 bits per heavy atom. The van der Waals surface area contributed by atoms with E-state index in [0.717, 1.165) is 11.1 Å². The predicted molar refractivity (Wildman–Crippen MR) is 101 cm³/mol. The fourth-order valence-electron chi connectivity index (χ4n) is 3.00. The van der Waals surface area contributed by atoms with Crippen LogP contribution in [-0.4, -0.2) is 63.6 Å². The van der Waals surface area contributed by atoms with Crippen LogP contribution >= 0.6 is 0 Å². The highest BCUT2D eigenvalue weighted by molar-refractivity contribution is 5.89. The Kier molecular flexibility index (Phi) is 6.28. The van der Waals surface area contributed by atoms with Crippen LogP contribution in [0, 0.1) is 0 Å². The first-order valence-corrected chi connectivity index (χ1v) is 8.84. The molecule has 28 heavy (non-hydrogen) atoms. The van der Waals surface area contributed by atoms with Gasteiger partial charge in [-0.15, -0.1) is 0 Å². The third-order valence-electron chi connectivity index (χ3n) is 4.47. The van der Waals surface area contributed by atoms with Gasteiger partial charge in [-0.2, -0.15) is 0 Å². The van der Waals surface area contributed by atoms with Crippen molar-refractivity contribution in [3.05, 3.63) is 48.5 Å². The normalized spacial score (nSPS) is 27.2. The number of amides is 1. The molecule has 1 fully saturated rings. The van der Waals surface area contributed by atoms with E-state index in [0.29, 0.717) is 11.4 Å². The lowest BCUT2D eigenvalue weighted by Gasteiger charge is -2.39. The molecule has 3 rings (SSSR count). The van der Waals surface area contributed by atoms with Crippen molar-refractivity contribution in [2.45, 2.75) is 37.6 Å². The van der Waals surface area contributed by atoms with E-state index >= 15 is 0 Å². The molecule has 0 saturated carbocycles. The van der Waals surface area contributed by atoms with E-state index in [2.05, 4.69) is 5.32 Å². The van der Waals surface area contributed by atoms with E-state index < -0.39 is 37.3 Å². The Morgan fingerprint density at radius 1 is 1.04 bits per heavy atom. The van der Waals surface area contributed by atoms with E-state index in [1.807, 2.05) is 18.2 Å². The third kappa shape index (κ3) is 4.49. The maximum absolute atomic E-state index is 11.2. The molecule has 2 aromatic rings. The smallest absolute Gasteiger partial charge is 0.229 e. The van der Waals surface area contributed by atoms with Crippen molar-refractivity contribution in [2.24, 2.45) is 0 Å². The molecule has 0 radical (unpaired) electrons. The fraction of sp³-hybridized carbons (Fsp3) is 0.350. The van der Waals surface area contributed by atoms with Gasteiger partial charge in [-0.3, -0.25) is 4.79 Å². The lowest BCUT2D eigenvalue weighted by atomic mass is 9.99. The molecular weight excluding hydrogens is 366 g/mol. The molecule has 150 valence electrons. The Labute approximate surface area is 162 Å². The minimum absolute atomic E-state index is 0.152. The van der Waals surface area contributed by atoms with Gasteiger partial charge in [-0.05, 0) is 35.4 Å². The molecule has 0 aromatic heterocycles. The van der Waals surface area contributed by atoms with Gasteiger partial charge in [0.25, 0.3) is 0 Å². The molecule has 0 bridgehead atoms. The quantitative estimate of drug-likeness (QED) is 0.503. The SMILES string of the molecule is CC(=O)Nc1cccc(-c2ccc(O[C@H]3O[C@H](CO)[C@@H](O)[C@H](O)[C@@H]3O)cc2)c1. The average Bonchev–Trinajstić information content (AvgIpc) is 2.68. The van der Waals surface area contributed by atoms with Crippen molar-refractivity contribution in [2.75, 3.05) is 11.9 Å². The van der Waals surface area contributed by atoms with Crippen LogP contribution in [0.5, 0.6) is 5.75 Å². The molecule has 8 heteroatoms. The summed E-state index contributed by atoms with van der Waals surface area (Å²) >= 11 is 0. The summed E-state index contributed by atoms with van der Waals surface area (Å²) in [5.41, 5.74) is 2.46. The molecule has 1 saturated heterocycles. The van der Waals surface area contributed by atoms with E-state index in [9.17, 15) is 25.2 Å². The van der Waals surface area contributed by atoms with Crippen LogP contribution in [-0.2, 0) is 9.53 Å². The summed E-state index contributed by atoms with van der Waals surface area (Å²) in [6.07, 6.45) is -6.65. The molecule has 1 aliphatic heterocycles. The van der Waals surface area contributed by atoms with Gasteiger partial charge in [0.2, 0.25) is 12.2 Å². The van der Waals surface area contributed by atoms with Gasteiger partial charge >= 0.3 is 0 Å². The number of hydrogen-bond acceptors (Lipinski definition) is 7. The number of benzene rings is 2. The molecule has 8 nitrogen and oxygen atoms in total. The van der Waals surface area contributed by atoms with E-state index in [1.165, 1.54) is 6.92 Å². The third-order valence-corrected chi connectivity index (χ3v) is 4.47. The molecule has 1 heterocycles. The molecule has 0 spiro atoms. The number of hydrogen-bond donors (Lipinski definition) is 5. The zero-order valence-electron chi connectivity index (χ0n) is 15.2. The van der Waals surface area contributed by atoms with Gasteiger partial charge in [0.05, 0.1) is 6.61 Å². The number of rotatable bonds is 5. The number of carbonyl (C=O) groups is 1. The summed E-state index contributed by atoms with van der Waals surface area (Å²) in [4.78, 5) is 11.2. The highest BCUT2D eigenvalue weighted by Crippen LogP contribution is 2.28. The van der Waals surface area contributed by atoms with Crippen LogP contribution < -0.4 is 10.1 Å². The van der Waals surface area contributed by atoms with Crippen LogP contribution in [0.2, 0.25) is 0 Å². The van der Waals surface area contributed by atoms with Gasteiger partial charge in [-0.1, -0.05) is 24.3 Å². The summed E-state index contributed by atoms with van der Waals surface area (Å²) in [5.74, 6) is 0.228. The van der Waals surface area contributed by atoms with Crippen molar-refractivity contribution in [3.63, 3.8) is 0 Å². The van der Waals surface area contributed by atoms with Crippen LogP contribution in [0.15, 0.2) is 48.5 Å². The first kappa shape index (κ1) is 20.2. The molecule has 1 amide bonds. The van der Waals surface area contributed by atoms with E-state index in [1.54, 1.807) is 30.3 Å². The minimum Gasteiger partial charge on any atom is -0.462 e. The predicted octanol–water partition coefficient (Wildman–Crippen LogP) is 0.491. The average molecular weight is 389 g/mol. The van der Waals surface area contributed by atoms with Gasteiger partial charge < -0.3 is 35.2 Å². The topological polar surface area (TPSA) is 128 Å². The molecule has 1 aliphatic rings. The number of aliphatic hydroxyl groups excluding tert-OH is 4. The number of anilines is 1. The highest BCUT2D eigenvalue weighted by Gasteiger charge is 2.44. The number of carbonyl (C=O) groups excluding carboxylic acids is 1. The number of aliphatic hydroxyl groups is 4. The summed E-state index contributed by atoms with van der Waals surface area (Å²) < 4.78 is 10.9. The van der Waals surface area contributed by atoms with E-state index in [4.69, 9.17) is 9.47 Å². The highest BCUT2D eigenvalue weighted by atomic mass is 16.7. The lowest BCUT2D eigenvalue weighted by Crippen LogP contribution is -2.60. The standard InChI is InChI=1S/C20H23NO7/c1-11(23)21-14-4-2-3-13(9-14)12-5-7-15(8-6-12)27-20-19(26)18(25)17(24)16(10-22)28-20/h2-9,16-20,22,24-26H,10H2,1H3,(H,21,23)/t16-,17-,18+,19+,20+/m1/s1. The Hall–Kier alpha value is -2.49. The Balaban J connectivity index is 1.72. The maximum atomic E-state index is 11.2. The first-order chi connectivity index (χ1) is 13.4. The monoisotopic (exact) mass is 389 g/mol. The van der Waals surface area contributed by atoms with Crippen molar-refractivity contribution in [3.8, 4) is 16.9 Å². The maximum Gasteiger partial charge on any atom is 0.229 e. The second-order valence-corrected chi connectivity index (χ2v) is 6.60. The lowest BCUT2D eigenvalue weighted by molar-refractivity contribution is -0.277. The number of ether oxygens (including phenoxy) is 2. The summed E-state index contributed by atoms with van der Waals surface area (Å²) in [5, 5.41) is 41.6. The largest absolute Gasteiger partial charge is 0.462 e. The molecule has 0 unspecified atom stereocenters. The zero-order valence-corrected chi connectivity index (χ0v) is 15.2. The van der Waals surface area contributed by atoms with E-state index in [-0.39, 0.29) is 5.91 Å². The summed E-state index contributed by atoms with van der Waals surface area (Å²) in [6, 6.07) is 14.3. The van der Waals surface area contributed by atoms with Crippen LogP contribution in [0.25, 0.3) is 11.1 Å². The summed E-state index contributed by atoms with van der Waals surface area (Å²) in [7, 11) is 0. The Bertz CT molecular complexity index is 808. The minimum atomic E-state index is -1.49. The molecule has 2 aromatic carbocycles. The van der Waals surface area contributed by atoms with Crippen LogP contribution in [0.3, 0.4) is 0 Å². The number of nitrogens with one attached hydrogen (secondary N) is 1. The van der Waals surface area contributed by atoms with Crippen LogP contribution in [0.4, 0.5) is 5.69 Å². The molecular formula is C20H23NO7. The second-order valence-electron chi connectivity index (χ2n) is 6.60. The van der Waals surface area contributed by atoms with Crippen molar-refractivity contribution < 1.29 is 34.7 Å². The van der Waals surface area contributed by atoms with Gasteiger partial charge in [-0.25, -0.2) is 0 Å². The zero-order chi connectivity index (χ0) is 20.3. The van der Waals surface area contributed by atoms with Gasteiger partial charge in [0.1, 0.15) is 30.2 Å². The summed E-state index contributed by atoms with van der Waals surface area (Å²) in [6.45, 7) is 0.923. The fourth-order valence-corrected chi connectivity index (χ4v) is 3.00. The molecule has 5 N–H and O–H groups in total. The second kappa shape index (κ2) is 8.68. The Morgan fingerprint density at radius 3 is 2.39 bits per heavy atom. The first-order valence-electron chi connectivity index (χ1n) is 8.84. The van der Waals surface area contributed by atoms with Crippen LogP contribution in [0.1, 0.15) is 6.92 Å². The van der Waals surface area contributed by atoms with Gasteiger partial charge in [0.15, 0.2) is 0 Å². The van der Waals surface area contributed by atoms with Crippen molar-refractivity contribution in [1.29, 1.82) is 0 Å². The van der Waals surface area contributed by atoms with Crippen molar-refractivity contribution in [1.82, 2.24) is 0 Å².